The molecule has 1 fully saturated rings. The topological polar surface area (TPSA) is 61.3 Å². The standard InChI is InChI=1S/C15H16F2N2O2/c16-15(17)20-11-7-5-9(6-8-11)12-13(21-19-14(12)18)10-3-1-2-4-10/h5-8,10,15H,1-4H2,(H2,18,19). The molecule has 2 aromatic rings. The van der Waals surface area contributed by atoms with Crippen molar-refractivity contribution in [1.82, 2.24) is 5.16 Å². The van der Waals surface area contributed by atoms with Gasteiger partial charge in [-0.3, -0.25) is 0 Å². The van der Waals surface area contributed by atoms with Crippen LogP contribution in [0.25, 0.3) is 11.1 Å². The van der Waals surface area contributed by atoms with Crippen molar-refractivity contribution in [1.29, 1.82) is 0 Å². The number of nitrogens with zero attached hydrogens (tertiary/aromatic N) is 1. The number of nitrogen functional groups attached to an aromatic ring is 1. The number of ether oxygens (including phenoxy) is 1. The lowest BCUT2D eigenvalue weighted by Gasteiger charge is -2.09. The van der Waals surface area contributed by atoms with Crippen molar-refractivity contribution in [3.8, 4) is 16.9 Å². The Morgan fingerprint density at radius 1 is 1.19 bits per heavy atom. The predicted molar refractivity (Wildman–Crippen MR) is 74.2 cm³/mol. The molecule has 0 unspecified atom stereocenters. The van der Waals surface area contributed by atoms with E-state index < -0.39 is 6.61 Å². The molecule has 0 spiro atoms. The molecule has 2 N–H and O–H groups in total. The molecule has 6 heteroatoms. The van der Waals surface area contributed by atoms with Gasteiger partial charge in [0.1, 0.15) is 11.5 Å². The summed E-state index contributed by atoms with van der Waals surface area (Å²) in [5.74, 6) is 1.58. The fourth-order valence-corrected chi connectivity index (χ4v) is 2.88. The second kappa shape index (κ2) is 5.71. The number of halogens is 2. The molecule has 4 nitrogen and oxygen atoms in total. The average molecular weight is 294 g/mol. The predicted octanol–water partition coefficient (Wildman–Crippen LogP) is 4.18. The summed E-state index contributed by atoms with van der Waals surface area (Å²) < 4.78 is 34.1. The van der Waals surface area contributed by atoms with Gasteiger partial charge < -0.3 is 15.0 Å². The summed E-state index contributed by atoms with van der Waals surface area (Å²) in [6, 6.07) is 6.37. The van der Waals surface area contributed by atoms with Gasteiger partial charge in [-0.25, -0.2) is 0 Å². The number of aromatic nitrogens is 1. The van der Waals surface area contributed by atoms with Crippen molar-refractivity contribution in [2.45, 2.75) is 38.2 Å². The maximum Gasteiger partial charge on any atom is 0.387 e. The zero-order chi connectivity index (χ0) is 14.8. The molecule has 21 heavy (non-hydrogen) atoms. The monoisotopic (exact) mass is 294 g/mol. The first-order valence-corrected chi connectivity index (χ1v) is 6.95. The molecule has 0 aliphatic heterocycles. The van der Waals surface area contributed by atoms with Gasteiger partial charge in [0, 0.05) is 5.92 Å². The van der Waals surface area contributed by atoms with E-state index in [9.17, 15) is 8.78 Å². The number of hydrogen-bond acceptors (Lipinski definition) is 4. The highest BCUT2D eigenvalue weighted by atomic mass is 19.3. The van der Waals surface area contributed by atoms with Crippen LogP contribution in [0, 0.1) is 0 Å². The van der Waals surface area contributed by atoms with Crippen LogP contribution in [-0.2, 0) is 0 Å². The minimum absolute atomic E-state index is 0.117. The van der Waals surface area contributed by atoms with Gasteiger partial charge in [0.2, 0.25) is 0 Å². The third-order valence-electron chi connectivity index (χ3n) is 3.84. The first-order valence-electron chi connectivity index (χ1n) is 6.95. The Morgan fingerprint density at radius 3 is 2.48 bits per heavy atom. The van der Waals surface area contributed by atoms with Crippen LogP contribution in [-0.4, -0.2) is 11.8 Å². The smallest absolute Gasteiger partial charge is 0.387 e. The number of benzene rings is 1. The van der Waals surface area contributed by atoms with Gasteiger partial charge in [-0.1, -0.05) is 30.1 Å². The van der Waals surface area contributed by atoms with Crippen molar-refractivity contribution >= 4 is 5.82 Å². The molecular weight excluding hydrogens is 278 g/mol. The number of hydrogen-bond donors (Lipinski definition) is 1. The van der Waals surface area contributed by atoms with Gasteiger partial charge >= 0.3 is 6.61 Å². The van der Waals surface area contributed by atoms with Crippen molar-refractivity contribution in [3.63, 3.8) is 0 Å². The summed E-state index contributed by atoms with van der Waals surface area (Å²) in [5, 5.41) is 3.86. The Morgan fingerprint density at radius 2 is 1.86 bits per heavy atom. The largest absolute Gasteiger partial charge is 0.435 e. The van der Waals surface area contributed by atoms with E-state index in [4.69, 9.17) is 10.3 Å². The third kappa shape index (κ3) is 2.84. The fourth-order valence-electron chi connectivity index (χ4n) is 2.88. The van der Waals surface area contributed by atoms with Crippen molar-refractivity contribution in [2.24, 2.45) is 0 Å². The molecule has 1 aromatic carbocycles. The zero-order valence-electron chi connectivity index (χ0n) is 11.4. The van der Waals surface area contributed by atoms with Gasteiger partial charge in [0.15, 0.2) is 5.82 Å². The maximum atomic E-state index is 12.2. The summed E-state index contributed by atoms with van der Waals surface area (Å²) in [4.78, 5) is 0. The lowest BCUT2D eigenvalue weighted by atomic mass is 9.96. The first kappa shape index (κ1) is 13.9. The molecule has 1 saturated carbocycles. The van der Waals surface area contributed by atoms with E-state index in [2.05, 4.69) is 9.89 Å². The van der Waals surface area contributed by atoms with E-state index in [1.165, 1.54) is 25.0 Å². The Kier molecular flexibility index (Phi) is 3.77. The van der Waals surface area contributed by atoms with Gasteiger partial charge in [-0.05, 0) is 30.5 Å². The highest BCUT2D eigenvalue weighted by Crippen LogP contribution is 2.41. The average Bonchev–Trinajstić information content (AvgIpc) is 3.08. The zero-order valence-corrected chi connectivity index (χ0v) is 11.4. The highest BCUT2D eigenvalue weighted by Gasteiger charge is 2.26. The van der Waals surface area contributed by atoms with Crippen LogP contribution >= 0.6 is 0 Å². The Bertz CT molecular complexity index is 605. The van der Waals surface area contributed by atoms with Crippen LogP contribution in [0.2, 0.25) is 0 Å². The summed E-state index contributed by atoms with van der Waals surface area (Å²) in [6.45, 7) is -2.83. The molecule has 0 amide bonds. The molecule has 0 radical (unpaired) electrons. The number of nitrogens with two attached hydrogens (primary N) is 1. The van der Waals surface area contributed by atoms with Crippen LogP contribution in [0.5, 0.6) is 5.75 Å². The molecule has 0 bridgehead atoms. The van der Waals surface area contributed by atoms with Crippen molar-refractivity contribution < 1.29 is 18.0 Å². The Balaban J connectivity index is 1.91. The molecular formula is C15H16F2N2O2. The quantitative estimate of drug-likeness (QED) is 0.918. The summed E-state index contributed by atoms with van der Waals surface area (Å²) in [6.07, 6.45) is 4.47. The fraction of sp³-hybridized carbons (Fsp3) is 0.400. The van der Waals surface area contributed by atoms with Crippen LogP contribution in [0.4, 0.5) is 14.6 Å². The molecule has 0 saturated heterocycles. The Labute approximate surface area is 120 Å². The molecule has 1 aromatic heterocycles. The Hall–Kier alpha value is -2.11. The SMILES string of the molecule is Nc1noc(C2CCCC2)c1-c1ccc(OC(F)F)cc1. The molecule has 1 aliphatic carbocycles. The van der Waals surface area contributed by atoms with Gasteiger partial charge in [0.05, 0.1) is 5.56 Å². The van der Waals surface area contributed by atoms with E-state index in [0.29, 0.717) is 11.7 Å². The van der Waals surface area contributed by atoms with E-state index >= 15 is 0 Å². The second-order valence-electron chi connectivity index (χ2n) is 5.19. The second-order valence-corrected chi connectivity index (χ2v) is 5.19. The molecule has 1 heterocycles. The van der Waals surface area contributed by atoms with Gasteiger partial charge in [0.25, 0.3) is 0 Å². The maximum absolute atomic E-state index is 12.2. The highest BCUT2D eigenvalue weighted by molar-refractivity contribution is 5.76. The molecule has 0 atom stereocenters. The van der Waals surface area contributed by atoms with E-state index in [1.54, 1.807) is 12.1 Å². The van der Waals surface area contributed by atoms with E-state index in [1.807, 2.05) is 0 Å². The first-order chi connectivity index (χ1) is 10.1. The van der Waals surface area contributed by atoms with Gasteiger partial charge in [-0.2, -0.15) is 8.78 Å². The van der Waals surface area contributed by atoms with Crippen LogP contribution in [0.3, 0.4) is 0 Å². The minimum atomic E-state index is -2.83. The van der Waals surface area contributed by atoms with Gasteiger partial charge in [-0.15, -0.1) is 0 Å². The molecule has 112 valence electrons. The van der Waals surface area contributed by atoms with E-state index in [0.717, 1.165) is 29.7 Å². The minimum Gasteiger partial charge on any atom is -0.435 e. The van der Waals surface area contributed by atoms with Crippen LogP contribution in [0.15, 0.2) is 28.8 Å². The lowest BCUT2D eigenvalue weighted by molar-refractivity contribution is -0.0498. The number of alkyl halides is 2. The summed E-state index contributed by atoms with van der Waals surface area (Å²) >= 11 is 0. The van der Waals surface area contributed by atoms with Crippen molar-refractivity contribution in [3.05, 3.63) is 30.0 Å². The summed E-state index contributed by atoms with van der Waals surface area (Å²) in [5.41, 5.74) is 7.48. The summed E-state index contributed by atoms with van der Waals surface area (Å²) in [7, 11) is 0. The van der Waals surface area contributed by atoms with Crippen molar-refractivity contribution in [2.75, 3.05) is 5.73 Å². The normalized spacial score (nSPS) is 15.8. The number of rotatable bonds is 4. The lowest BCUT2D eigenvalue weighted by Crippen LogP contribution is -2.01. The van der Waals surface area contributed by atoms with Crippen LogP contribution < -0.4 is 10.5 Å². The number of anilines is 1. The third-order valence-corrected chi connectivity index (χ3v) is 3.84. The molecule has 3 rings (SSSR count). The van der Waals surface area contributed by atoms with Crippen LogP contribution in [0.1, 0.15) is 37.4 Å². The van der Waals surface area contributed by atoms with E-state index in [-0.39, 0.29) is 5.75 Å². The molecule has 1 aliphatic rings.